The maximum absolute atomic E-state index is 2.57. The number of unbranched alkanes of at least 4 members (excludes halogenated alkanes) is 12. The molecule has 24 rings (SSSR count). The normalized spacial score (nSPS) is 14.0. The summed E-state index contributed by atoms with van der Waals surface area (Å²) in [6.45, 7) is 9.27. The van der Waals surface area contributed by atoms with E-state index in [1.54, 1.807) is 22.3 Å². The molecule has 0 saturated heterocycles. The van der Waals surface area contributed by atoms with Crippen molar-refractivity contribution in [2.45, 2.75) is 178 Å². The smallest absolute Gasteiger partial charge is 0.0714 e. The molecule has 0 aliphatic heterocycles. The molecule has 656 valence electrons. The van der Waals surface area contributed by atoms with Gasteiger partial charge < -0.3 is 18.3 Å². The Kier molecular flexibility index (Phi) is 23.4. The van der Waals surface area contributed by atoms with E-state index >= 15 is 0 Å². The first kappa shape index (κ1) is 85.5. The third-order valence-corrected chi connectivity index (χ3v) is 31.4. The Morgan fingerprint density at radius 2 is 0.462 bits per heavy atom. The number of aromatic nitrogens is 4. The van der Waals surface area contributed by atoms with Gasteiger partial charge in [0.15, 0.2) is 0 Å². The Hall–Kier alpha value is -13.3. The third-order valence-electron chi connectivity index (χ3n) is 31.4. The van der Waals surface area contributed by atoms with Gasteiger partial charge in [-0.05, 0) is 174 Å². The summed E-state index contributed by atoms with van der Waals surface area (Å²) in [5, 5.41) is 10.8. The van der Waals surface area contributed by atoms with Crippen LogP contribution >= 0.6 is 0 Å². The number of aryl methyl sites for hydroxylation is 4. The zero-order valence-electron chi connectivity index (χ0n) is 78.6. The molecule has 0 bridgehead atoms. The predicted octanol–water partition coefficient (Wildman–Crippen LogP) is 34.5. The van der Waals surface area contributed by atoms with Crippen LogP contribution in [0.25, 0.3) is 132 Å². The molecule has 4 heterocycles. The molecule has 4 heteroatoms. The minimum Gasteiger partial charge on any atom is -0.344 e. The van der Waals surface area contributed by atoms with E-state index in [0.717, 1.165) is 0 Å². The molecule has 0 saturated carbocycles. The van der Waals surface area contributed by atoms with Gasteiger partial charge in [0.1, 0.15) is 0 Å². The van der Waals surface area contributed by atoms with Gasteiger partial charge in [0.2, 0.25) is 0 Å². The molecule has 16 aromatic carbocycles. The quantitative estimate of drug-likeness (QED) is 0.0537. The van der Waals surface area contributed by atoms with Crippen LogP contribution in [0.5, 0.6) is 0 Å². The lowest BCUT2D eigenvalue weighted by atomic mass is 9.67. The number of para-hydroxylation sites is 4. The molecule has 0 radical (unpaired) electrons. The molecule has 0 unspecified atom stereocenters. The molecular weight excluding hydrogens is 1590 g/mol. The zero-order valence-corrected chi connectivity index (χ0v) is 78.6. The van der Waals surface area contributed by atoms with Crippen molar-refractivity contribution in [3.63, 3.8) is 0 Å². The Morgan fingerprint density at radius 1 is 0.182 bits per heavy atom. The van der Waals surface area contributed by atoms with Crippen molar-refractivity contribution in [2.75, 3.05) is 0 Å². The van der Waals surface area contributed by atoms with Crippen molar-refractivity contribution in [2.24, 2.45) is 28.2 Å². The molecule has 20 aromatic rings. The van der Waals surface area contributed by atoms with Crippen LogP contribution in [0.2, 0.25) is 0 Å². The van der Waals surface area contributed by atoms with Crippen LogP contribution in [-0.4, -0.2) is 18.3 Å². The molecule has 4 aliphatic rings. The molecular formula is C128H124N4. The van der Waals surface area contributed by atoms with Crippen molar-refractivity contribution in [3.8, 4) is 44.5 Å². The standard InChI is InChI=1S/2C32H23N.2C32H39N/c1-33-29-19-11-9-16-24(29)25-20-21-28-30(31(25)33)26-17-8-10-18-27(26)32(28,22-12-4-2-5-13-22)23-14-6-3-7-15-23;1-33-30-19-11-9-17-25(30)27-20-26-24-16-8-10-18-28(24)32(29(26)21-31(27)33,22-12-4-2-5-13-22)23-14-6-3-7-15-23;1-4-6-8-14-22-32(23-15-9-7-5-2)27-18-12-10-17-26(27)30-28(32)21-20-25-24-16-11-13-19-29(24)33(3)31(25)30;1-4-6-8-14-20-32(21-15-9-7-5-2)28-18-12-10-16-24(28)26-22-27-25-17-11-13-19-30(25)33(3)31(27)23-29(26)32/h2*2-21H,1H3;10-13,16-21H,4-9,14-15,22-23H2,1-3H3;10-13,16-19,22-23H,4-9,14-15,20-21H2,1-3H3. The molecule has 0 N–H and O–H groups in total. The van der Waals surface area contributed by atoms with Crippen molar-refractivity contribution in [1.29, 1.82) is 0 Å². The van der Waals surface area contributed by atoms with Crippen molar-refractivity contribution >= 4 is 87.2 Å². The molecule has 4 aliphatic carbocycles. The van der Waals surface area contributed by atoms with Gasteiger partial charge in [0.25, 0.3) is 0 Å². The third kappa shape index (κ3) is 13.8. The number of benzene rings is 16. The van der Waals surface area contributed by atoms with E-state index in [4.69, 9.17) is 0 Å². The van der Waals surface area contributed by atoms with Crippen molar-refractivity contribution in [1.82, 2.24) is 18.3 Å². The van der Waals surface area contributed by atoms with Crippen molar-refractivity contribution < 1.29 is 0 Å². The van der Waals surface area contributed by atoms with E-state index in [9.17, 15) is 0 Å². The first-order valence-electron chi connectivity index (χ1n) is 49.7. The van der Waals surface area contributed by atoms with Crippen LogP contribution in [0.15, 0.2) is 364 Å². The topological polar surface area (TPSA) is 19.7 Å². The summed E-state index contributed by atoms with van der Waals surface area (Å²) < 4.78 is 9.58. The summed E-state index contributed by atoms with van der Waals surface area (Å²) in [7, 11) is 8.89. The lowest BCUT2D eigenvalue weighted by Gasteiger charge is -2.33. The van der Waals surface area contributed by atoms with Gasteiger partial charge in [0.05, 0.1) is 21.9 Å². The summed E-state index contributed by atoms with van der Waals surface area (Å²) >= 11 is 0. The maximum atomic E-state index is 2.57. The molecule has 4 nitrogen and oxygen atoms in total. The van der Waals surface area contributed by atoms with Gasteiger partial charge >= 0.3 is 0 Å². The number of fused-ring (bicyclic) bond motifs is 26. The Labute approximate surface area is 781 Å². The minimum atomic E-state index is -0.348. The van der Waals surface area contributed by atoms with Gasteiger partial charge in [0, 0.05) is 126 Å². The van der Waals surface area contributed by atoms with Gasteiger partial charge in [-0.2, -0.15) is 0 Å². The monoisotopic (exact) mass is 1720 g/mol. The van der Waals surface area contributed by atoms with E-state index in [-0.39, 0.29) is 21.7 Å². The summed E-state index contributed by atoms with van der Waals surface area (Å²) in [5.41, 5.74) is 38.6. The Balaban J connectivity index is 0.000000106. The van der Waals surface area contributed by atoms with E-state index in [1.807, 2.05) is 0 Å². The van der Waals surface area contributed by atoms with Crippen LogP contribution in [0.1, 0.15) is 223 Å². The lowest BCUT2D eigenvalue weighted by Crippen LogP contribution is -2.28. The highest BCUT2D eigenvalue weighted by Gasteiger charge is 2.50. The maximum Gasteiger partial charge on any atom is 0.0714 e. The Bertz CT molecular complexity index is 7400. The van der Waals surface area contributed by atoms with Crippen LogP contribution < -0.4 is 0 Å². The lowest BCUT2D eigenvalue weighted by molar-refractivity contribution is 0.401. The summed E-state index contributed by atoms with van der Waals surface area (Å²) in [5.74, 6) is 0. The minimum absolute atomic E-state index is 0.165. The Morgan fingerprint density at radius 3 is 0.871 bits per heavy atom. The second-order valence-electron chi connectivity index (χ2n) is 38.5. The van der Waals surface area contributed by atoms with Crippen LogP contribution in [-0.2, 0) is 49.9 Å². The highest BCUT2D eigenvalue weighted by molar-refractivity contribution is 6.17. The first-order chi connectivity index (χ1) is 65.0. The highest BCUT2D eigenvalue weighted by atomic mass is 15.0. The van der Waals surface area contributed by atoms with E-state index in [2.05, 4.69) is 438 Å². The van der Waals surface area contributed by atoms with Crippen LogP contribution in [0, 0.1) is 0 Å². The summed E-state index contributed by atoms with van der Waals surface area (Å²) in [6, 6.07) is 135. The number of nitrogens with zero attached hydrogens (tertiary/aromatic N) is 4. The molecule has 0 spiro atoms. The fourth-order valence-electron chi connectivity index (χ4n) is 25.3. The van der Waals surface area contributed by atoms with Gasteiger partial charge in [-0.15, -0.1) is 0 Å². The average Bonchev–Trinajstić information content (AvgIpc) is 1.52. The molecule has 4 aromatic heterocycles. The zero-order chi connectivity index (χ0) is 89.7. The number of rotatable bonds is 24. The number of hydrogen-bond donors (Lipinski definition) is 0. The largest absolute Gasteiger partial charge is 0.344 e. The fraction of sp³-hybridized carbons (Fsp3) is 0.250. The van der Waals surface area contributed by atoms with Crippen LogP contribution in [0.3, 0.4) is 0 Å². The fourth-order valence-corrected chi connectivity index (χ4v) is 25.3. The SMILES string of the molecule is CCCCCCC1(CCCCCC)c2ccccc2-c2c1ccc1c3ccccc3n(C)c21.CCCCCCC1(CCCCCC)c2ccccc2-c2cc3c4ccccc4n(C)c3cc21.Cn1c2ccccc2c2cc3c(cc21)C(c1ccccc1)(c1ccccc1)c1ccccc1-3.Cn1c2ccccc2c2ccc3c(c21)-c1ccccc1C3(c1ccccc1)c1ccccc1. The van der Waals surface area contributed by atoms with E-state index < -0.39 is 0 Å². The van der Waals surface area contributed by atoms with Crippen LogP contribution in [0.4, 0.5) is 0 Å². The van der Waals surface area contributed by atoms with Gasteiger partial charge in [-0.3, -0.25) is 0 Å². The molecule has 0 amide bonds. The van der Waals surface area contributed by atoms with Gasteiger partial charge in [-0.1, -0.05) is 446 Å². The second-order valence-corrected chi connectivity index (χ2v) is 38.5. The van der Waals surface area contributed by atoms with E-state index in [1.165, 1.54) is 305 Å². The highest BCUT2D eigenvalue weighted by Crippen LogP contribution is 2.63. The van der Waals surface area contributed by atoms with Crippen molar-refractivity contribution in [3.05, 3.63) is 431 Å². The van der Waals surface area contributed by atoms with Gasteiger partial charge in [-0.25, -0.2) is 0 Å². The number of hydrogen-bond acceptors (Lipinski definition) is 0. The average molecular weight is 1720 g/mol. The molecule has 0 fully saturated rings. The summed E-state index contributed by atoms with van der Waals surface area (Å²) in [4.78, 5) is 0. The second kappa shape index (κ2) is 36.1. The first-order valence-corrected chi connectivity index (χ1v) is 49.7. The molecule has 132 heavy (non-hydrogen) atoms. The molecule has 0 atom stereocenters. The predicted molar refractivity (Wildman–Crippen MR) is 564 cm³/mol. The van der Waals surface area contributed by atoms with E-state index in [0.29, 0.717) is 0 Å². The summed E-state index contributed by atoms with van der Waals surface area (Å²) in [6.07, 6.45) is 26.4.